The molecule has 0 aliphatic carbocycles. The molecule has 1 N–H and O–H groups in total. The van der Waals surface area contributed by atoms with Crippen LogP contribution >= 0.6 is 0 Å². The lowest BCUT2D eigenvalue weighted by Crippen LogP contribution is -2.07. The van der Waals surface area contributed by atoms with E-state index in [-0.39, 0.29) is 28.3 Å². The maximum absolute atomic E-state index is 12.9. The summed E-state index contributed by atoms with van der Waals surface area (Å²) in [4.78, 5) is 41.3. The Bertz CT molecular complexity index is 1310. The average molecular weight is 398 g/mol. The van der Waals surface area contributed by atoms with Crippen molar-refractivity contribution in [3.05, 3.63) is 100.0 Å². The molecule has 0 aliphatic rings. The van der Waals surface area contributed by atoms with Gasteiger partial charge in [-0.3, -0.25) is 9.59 Å². The van der Waals surface area contributed by atoms with Gasteiger partial charge in [-0.15, -0.1) is 0 Å². The molecule has 2 aromatic heterocycles. The summed E-state index contributed by atoms with van der Waals surface area (Å²) < 4.78 is 5.69. The molecule has 0 unspecified atom stereocenters. The molecule has 0 radical (unpaired) electrons. The minimum atomic E-state index is -0.583. The molecule has 0 bridgehead atoms. The molecule has 30 heavy (non-hydrogen) atoms. The van der Waals surface area contributed by atoms with Crippen LogP contribution in [0.3, 0.4) is 0 Å². The largest absolute Gasteiger partial charge is 0.504 e. The highest BCUT2D eigenvalue weighted by molar-refractivity contribution is 5.60. The summed E-state index contributed by atoms with van der Waals surface area (Å²) >= 11 is 0. The van der Waals surface area contributed by atoms with E-state index >= 15 is 0 Å². The molecule has 0 amide bonds. The first-order valence-electron chi connectivity index (χ1n) is 8.86. The van der Waals surface area contributed by atoms with Crippen LogP contribution in [0.2, 0.25) is 0 Å². The smallest absolute Gasteiger partial charge is 0.231 e. The van der Waals surface area contributed by atoms with E-state index in [9.17, 15) is 14.7 Å². The monoisotopic (exact) mass is 398 g/mol. The number of nitrogens with zero attached hydrogens (tertiary/aromatic N) is 4. The van der Waals surface area contributed by atoms with E-state index in [1.807, 2.05) is 0 Å². The van der Waals surface area contributed by atoms with Gasteiger partial charge in [-0.2, -0.15) is 0 Å². The summed E-state index contributed by atoms with van der Waals surface area (Å²) in [6.45, 7) is 0. The lowest BCUT2D eigenvalue weighted by molar-refractivity contribution is 0.471. The van der Waals surface area contributed by atoms with Gasteiger partial charge in [-0.1, -0.05) is 24.3 Å². The number of hydrogen-bond donors (Lipinski definition) is 1. The first-order valence-corrected chi connectivity index (χ1v) is 8.86. The predicted octanol–water partition coefficient (Wildman–Crippen LogP) is 2.82. The van der Waals surface area contributed by atoms with E-state index in [0.29, 0.717) is 11.3 Å². The predicted molar refractivity (Wildman–Crippen MR) is 109 cm³/mol. The molecule has 8 heteroatoms. The van der Waals surface area contributed by atoms with E-state index < -0.39 is 11.2 Å². The SMILES string of the molecule is O=c1c(O)ccccc1-c1ncc(Oc2ccccc(-c3ccncn3)c2=O)cn1. The topological polar surface area (TPSA) is 115 Å². The van der Waals surface area contributed by atoms with Crippen LogP contribution in [0.5, 0.6) is 17.2 Å². The number of ether oxygens (including phenoxy) is 1. The number of aromatic hydroxyl groups is 1. The third kappa shape index (κ3) is 3.88. The Morgan fingerprint density at radius 2 is 1.47 bits per heavy atom. The van der Waals surface area contributed by atoms with Crippen LogP contribution in [0.25, 0.3) is 22.6 Å². The summed E-state index contributed by atoms with van der Waals surface area (Å²) in [5.74, 6) is 0.0105. The van der Waals surface area contributed by atoms with Gasteiger partial charge in [0.15, 0.2) is 23.1 Å². The van der Waals surface area contributed by atoms with Crippen LogP contribution in [0.15, 0.2) is 89.1 Å². The van der Waals surface area contributed by atoms with Crippen molar-refractivity contribution >= 4 is 0 Å². The van der Waals surface area contributed by atoms with Crippen molar-refractivity contribution in [2.45, 2.75) is 0 Å². The Hall–Kier alpha value is -4.46. The minimum Gasteiger partial charge on any atom is -0.504 e. The molecule has 0 spiro atoms. The third-order valence-corrected chi connectivity index (χ3v) is 4.15. The maximum atomic E-state index is 12.9. The maximum Gasteiger partial charge on any atom is 0.231 e. The number of hydrogen-bond acceptors (Lipinski definition) is 8. The Balaban J connectivity index is 1.68. The van der Waals surface area contributed by atoms with Crippen molar-refractivity contribution in [1.82, 2.24) is 19.9 Å². The fourth-order valence-corrected chi connectivity index (χ4v) is 2.71. The molecule has 4 aromatic rings. The number of aromatic nitrogens is 4. The van der Waals surface area contributed by atoms with Crippen molar-refractivity contribution in [2.24, 2.45) is 0 Å². The lowest BCUT2D eigenvalue weighted by Gasteiger charge is -2.04. The Morgan fingerprint density at radius 1 is 0.767 bits per heavy atom. The first-order chi connectivity index (χ1) is 14.6. The van der Waals surface area contributed by atoms with E-state index in [2.05, 4.69) is 19.9 Å². The molecule has 0 atom stereocenters. The van der Waals surface area contributed by atoms with Crippen molar-refractivity contribution in [2.75, 3.05) is 0 Å². The zero-order valence-electron chi connectivity index (χ0n) is 15.5. The Kier molecular flexibility index (Phi) is 5.21. The number of rotatable bonds is 4. The van der Waals surface area contributed by atoms with Gasteiger partial charge in [0.2, 0.25) is 10.9 Å². The highest BCUT2D eigenvalue weighted by atomic mass is 16.5. The third-order valence-electron chi connectivity index (χ3n) is 4.15. The molecule has 0 saturated carbocycles. The van der Waals surface area contributed by atoms with Crippen LogP contribution in [-0.2, 0) is 0 Å². The fourth-order valence-electron chi connectivity index (χ4n) is 2.71. The van der Waals surface area contributed by atoms with Gasteiger partial charge in [0, 0.05) is 6.20 Å². The molecule has 0 saturated heterocycles. The molecular formula is C22H14N4O4. The molecular weight excluding hydrogens is 384 g/mol. The average Bonchev–Trinajstić information content (AvgIpc) is 3.06. The second-order valence-corrected chi connectivity index (χ2v) is 6.11. The van der Waals surface area contributed by atoms with Crippen LogP contribution < -0.4 is 15.6 Å². The molecule has 2 heterocycles. The fraction of sp³-hybridized carbons (Fsp3) is 0. The van der Waals surface area contributed by atoms with Crippen molar-refractivity contribution in [3.8, 4) is 39.9 Å². The van der Waals surface area contributed by atoms with E-state index in [1.54, 1.807) is 36.5 Å². The van der Waals surface area contributed by atoms with Crippen LogP contribution in [-0.4, -0.2) is 25.0 Å². The summed E-state index contributed by atoms with van der Waals surface area (Å²) in [5.41, 5.74) is 0.0380. The van der Waals surface area contributed by atoms with Gasteiger partial charge in [0.1, 0.15) is 6.33 Å². The molecule has 146 valence electrons. The van der Waals surface area contributed by atoms with Crippen LogP contribution in [0.4, 0.5) is 0 Å². The van der Waals surface area contributed by atoms with Crippen LogP contribution in [0, 0.1) is 0 Å². The summed E-state index contributed by atoms with van der Waals surface area (Å²) in [5, 5.41) is 9.71. The van der Waals surface area contributed by atoms with Gasteiger partial charge in [0.25, 0.3) is 0 Å². The Morgan fingerprint density at radius 3 is 2.20 bits per heavy atom. The lowest BCUT2D eigenvalue weighted by atomic mass is 10.2. The minimum absolute atomic E-state index is 0.0678. The Labute approximate surface area is 170 Å². The summed E-state index contributed by atoms with van der Waals surface area (Å²) in [7, 11) is 0. The molecule has 2 aromatic carbocycles. The molecule has 0 aliphatic heterocycles. The van der Waals surface area contributed by atoms with Gasteiger partial charge < -0.3 is 9.84 Å². The second kappa shape index (κ2) is 8.27. The van der Waals surface area contributed by atoms with E-state index in [1.165, 1.54) is 43.0 Å². The van der Waals surface area contributed by atoms with Gasteiger partial charge in [-0.05, 0) is 30.3 Å². The van der Waals surface area contributed by atoms with Crippen molar-refractivity contribution in [3.63, 3.8) is 0 Å². The summed E-state index contributed by atoms with van der Waals surface area (Å²) in [6.07, 6.45) is 5.61. The van der Waals surface area contributed by atoms with Crippen molar-refractivity contribution < 1.29 is 9.84 Å². The second-order valence-electron chi connectivity index (χ2n) is 6.11. The summed E-state index contributed by atoms with van der Waals surface area (Å²) in [6, 6.07) is 14.2. The van der Waals surface area contributed by atoms with E-state index in [0.717, 1.165) is 0 Å². The van der Waals surface area contributed by atoms with Crippen molar-refractivity contribution in [1.29, 1.82) is 0 Å². The highest BCUT2D eigenvalue weighted by Crippen LogP contribution is 2.20. The first kappa shape index (κ1) is 18.9. The normalized spacial score (nSPS) is 10.4. The zero-order chi connectivity index (χ0) is 20.9. The quantitative estimate of drug-likeness (QED) is 0.558. The standard InChI is InChI=1S/C22H14N4O4/c27-18-7-3-1-6-16(20(18)28)22-24-11-14(12-25-22)30-19-8-4-2-5-15(21(19)29)17-9-10-23-13-26-17/h1-13H,(H,27,28). The van der Waals surface area contributed by atoms with Gasteiger partial charge in [0.05, 0.1) is 29.2 Å². The highest BCUT2D eigenvalue weighted by Gasteiger charge is 2.11. The van der Waals surface area contributed by atoms with Crippen LogP contribution in [0.1, 0.15) is 0 Å². The van der Waals surface area contributed by atoms with E-state index in [4.69, 9.17) is 4.74 Å². The zero-order valence-corrected chi connectivity index (χ0v) is 15.5. The molecule has 0 fully saturated rings. The molecule has 8 nitrogen and oxygen atoms in total. The van der Waals surface area contributed by atoms with Gasteiger partial charge in [-0.25, -0.2) is 19.9 Å². The molecule has 4 rings (SSSR count). The van der Waals surface area contributed by atoms with Gasteiger partial charge >= 0.3 is 0 Å².